The number of hydrogen-bond acceptors (Lipinski definition) is 4. The molecule has 0 saturated carbocycles. The van der Waals surface area contributed by atoms with Crippen LogP contribution in [0.15, 0.2) is 18.2 Å². The van der Waals surface area contributed by atoms with Gasteiger partial charge in [0, 0.05) is 19.1 Å². The van der Waals surface area contributed by atoms with E-state index in [1.54, 1.807) is 7.11 Å². The van der Waals surface area contributed by atoms with E-state index >= 15 is 0 Å². The van der Waals surface area contributed by atoms with Crippen LogP contribution in [-0.4, -0.2) is 32.4 Å². The van der Waals surface area contributed by atoms with Crippen LogP contribution in [0.25, 0.3) is 0 Å². The van der Waals surface area contributed by atoms with Crippen molar-refractivity contribution in [1.29, 1.82) is 0 Å². The molecule has 4 nitrogen and oxygen atoms in total. The number of methoxy groups -OCH3 is 1. The summed E-state index contributed by atoms with van der Waals surface area (Å²) in [6.07, 6.45) is 3.10. The quantitative estimate of drug-likeness (QED) is 0.922. The van der Waals surface area contributed by atoms with Gasteiger partial charge in [0.2, 0.25) is 0 Å². The summed E-state index contributed by atoms with van der Waals surface area (Å²) in [5.74, 6) is 1.84. The van der Waals surface area contributed by atoms with E-state index in [9.17, 15) is 0 Å². The number of rotatable bonds is 3. The molecule has 1 fully saturated rings. The van der Waals surface area contributed by atoms with E-state index in [4.69, 9.17) is 14.2 Å². The fraction of sp³-hybridized carbons (Fsp3) is 0.625. The predicted molar refractivity (Wildman–Crippen MR) is 77.4 cm³/mol. The summed E-state index contributed by atoms with van der Waals surface area (Å²) in [5, 5.41) is 3.40. The van der Waals surface area contributed by atoms with Crippen LogP contribution in [0.3, 0.4) is 0 Å². The van der Waals surface area contributed by atoms with E-state index in [1.807, 2.05) is 19.1 Å². The molecule has 1 saturated heterocycles. The minimum absolute atomic E-state index is 0.0634. The molecule has 1 spiro atoms. The molecule has 1 aromatic carbocycles. The first-order chi connectivity index (χ1) is 9.76. The highest BCUT2D eigenvalue weighted by atomic mass is 16.5. The number of benzene rings is 1. The van der Waals surface area contributed by atoms with Crippen molar-refractivity contribution in [3.63, 3.8) is 0 Å². The second kappa shape index (κ2) is 5.62. The summed E-state index contributed by atoms with van der Waals surface area (Å²) in [6.45, 7) is 4.70. The Bertz CT molecular complexity index is 469. The van der Waals surface area contributed by atoms with Gasteiger partial charge in [0.25, 0.3) is 0 Å². The molecule has 1 atom stereocenters. The Balaban J connectivity index is 1.91. The van der Waals surface area contributed by atoms with Crippen LogP contribution in [0, 0.1) is 0 Å². The predicted octanol–water partition coefficient (Wildman–Crippen LogP) is 2.68. The van der Waals surface area contributed by atoms with Crippen molar-refractivity contribution < 1.29 is 14.2 Å². The van der Waals surface area contributed by atoms with Gasteiger partial charge in [-0.05, 0) is 51.1 Å². The average Bonchev–Trinajstić information content (AvgIpc) is 2.48. The zero-order valence-corrected chi connectivity index (χ0v) is 12.3. The summed E-state index contributed by atoms with van der Waals surface area (Å²) in [6, 6.07) is 6.06. The summed E-state index contributed by atoms with van der Waals surface area (Å²) >= 11 is 0. The molecule has 1 N–H and O–H groups in total. The van der Waals surface area contributed by atoms with Crippen molar-refractivity contribution in [3.05, 3.63) is 23.8 Å². The lowest BCUT2D eigenvalue weighted by Gasteiger charge is -2.44. The number of piperidine rings is 1. The number of hydrogen-bond donors (Lipinski definition) is 1. The van der Waals surface area contributed by atoms with Gasteiger partial charge in [-0.2, -0.15) is 0 Å². The molecule has 1 unspecified atom stereocenters. The first-order valence-corrected chi connectivity index (χ1v) is 7.45. The lowest BCUT2D eigenvalue weighted by molar-refractivity contribution is -0.0480. The molecule has 0 bridgehead atoms. The van der Waals surface area contributed by atoms with Gasteiger partial charge in [0.15, 0.2) is 0 Å². The molecule has 2 aliphatic rings. The monoisotopic (exact) mass is 277 g/mol. The lowest BCUT2D eigenvalue weighted by atomic mass is 9.82. The fourth-order valence-electron chi connectivity index (χ4n) is 3.25. The van der Waals surface area contributed by atoms with Crippen LogP contribution in [0.1, 0.15) is 37.9 Å². The maximum atomic E-state index is 6.35. The van der Waals surface area contributed by atoms with E-state index in [0.29, 0.717) is 6.61 Å². The van der Waals surface area contributed by atoms with Crippen molar-refractivity contribution in [3.8, 4) is 11.5 Å². The lowest BCUT2D eigenvalue weighted by Crippen LogP contribution is -2.49. The molecular formula is C16H23NO3. The van der Waals surface area contributed by atoms with Gasteiger partial charge in [-0.25, -0.2) is 0 Å². The zero-order chi connectivity index (χ0) is 14.0. The zero-order valence-electron chi connectivity index (χ0n) is 12.3. The standard InChI is InChI=1S/C16H23NO3/c1-3-19-12-4-5-14-13(10-12)15(18-2)11-16(20-14)6-8-17-9-7-16/h4-5,10,15,17H,3,6-9,11H2,1-2H3. The van der Waals surface area contributed by atoms with E-state index in [0.717, 1.165) is 49.4 Å². The maximum absolute atomic E-state index is 6.35. The molecule has 1 aromatic rings. The Labute approximate surface area is 120 Å². The molecular weight excluding hydrogens is 254 g/mol. The van der Waals surface area contributed by atoms with Gasteiger partial charge in [0.1, 0.15) is 17.1 Å². The molecule has 2 aliphatic heterocycles. The van der Waals surface area contributed by atoms with Crippen LogP contribution in [0.2, 0.25) is 0 Å². The summed E-state index contributed by atoms with van der Waals surface area (Å²) < 4.78 is 17.7. The second-order valence-electron chi connectivity index (χ2n) is 5.60. The Morgan fingerprint density at radius 1 is 1.35 bits per heavy atom. The first kappa shape index (κ1) is 13.7. The Morgan fingerprint density at radius 2 is 2.15 bits per heavy atom. The number of fused-ring (bicyclic) bond motifs is 1. The van der Waals surface area contributed by atoms with E-state index < -0.39 is 0 Å². The topological polar surface area (TPSA) is 39.7 Å². The Hall–Kier alpha value is -1.26. The van der Waals surface area contributed by atoms with E-state index in [1.165, 1.54) is 0 Å². The molecule has 0 aliphatic carbocycles. The van der Waals surface area contributed by atoms with Gasteiger partial charge in [-0.1, -0.05) is 0 Å². The second-order valence-corrected chi connectivity index (χ2v) is 5.60. The third-order valence-corrected chi connectivity index (χ3v) is 4.32. The molecule has 4 heteroatoms. The third kappa shape index (κ3) is 2.50. The normalized spacial score (nSPS) is 24.0. The molecule has 20 heavy (non-hydrogen) atoms. The van der Waals surface area contributed by atoms with Gasteiger partial charge in [-0.15, -0.1) is 0 Å². The number of nitrogens with one attached hydrogen (secondary N) is 1. The van der Waals surface area contributed by atoms with Crippen LogP contribution >= 0.6 is 0 Å². The minimum Gasteiger partial charge on any atom is -0.494 e. The highest BCUT2D eigenvalue weighted by Gasteiger charge is 2.42. The summed E-state index contributed by atoms with van der Waals surface area (Å²) in [4.78, 5) is 0. The highest BCUT2D eigenvalue weighted by Crippen LogP contribution is 2.45. The smallest absolute Gasteiger partial charge is 0.126 e. The molecule has 2 heterocycles. The molecule has 110 valence electrons. The van der Waals surface area contributed by atoms with E-state index in [2.05, 4.69) is 11.4 Å². The van der Waals surface area contributed by atoms with Crippen LogP contribution < -0.4 is 14.8 Å². The van der Waals surface area contributed by atoms with E-state index in [-0.39, 0.29) is 11.7 Å². The molecule has 3 rings (SSSR count). The van der Waals surface area contributed by atoms with Crippen molar-refractivity contribution in [2.45, 2.75) is 37.9 Å². The third-order valence-electron chi connectivity index (χ3n) is 4.32. The SMILES string of the molecule is CCOc1ccc2c(c1)C(OC)CC1(CCNCC1)O2. The highest BCUT2D eigenvalue weighted by molar-refractivity contribution is 5.44. The first-order valence-electron chi connectivity index (χ1n) is 7.45. The van der Waals surface area contributed by atoms with Crippen molar-refractivity contribution in [2.24, 2.45) is 0 Å². The Morgan fingerprint density at radius 3 is 2.85 bits per heavy atom. The van der Waals surface area contributed by atoms with Gasteiger partial charge in [-0.3, -0.25) is 0 Å². The maximum Gasteiger partial charge on any atom is 0.126 e. The van der Waals surface area contributed by atoms with Crippen LogP contribution in [0.5, 0.6) is 11.5 Å². The average molecular weight is 277 g/mol. The van der Waals surface area contributed by atoms with Gasteiger partial charge < -0.3 is 19.5 Å². The van der Waals surface area contributed by atoms with Crippen molar-refractivity contribution >= 4 is 0 Å². The van der Waals surface area contributed by atoms with Crippen LogP contribution in [0.4, 0.5) is 0 Å². The Kier molecular flexibility index (Phi) is 3.85. The minimum atomic E-state index is -0.0634. The fourth-order valence-corrected chi connectivity index (χ4v) is 3.25. The van der Waals surface area contributed by atoms with Gasteiger partial charge >= 0.3 is 0 Å². The van der Waals surface area contributed by atoms with Crippen molar-refractivity contribution in [1.82, 2.24) is 5.32 Å². The summed E-state index contributed by atoms with van der Waals surface area (Å²) in [5.41, 5.74) is 1.05. The molecule has 0 radical (unpaired) electrons. The van der Waals surface area contributed by atoms with Crippen molar-refractivity contribution in [2.75, 3.05) is 26.8 Å². The molecule has 0 aromatic heterocycles. The largest absolute Gasteiger partial charge is 0.494 e. The van der Waals surface area contributed by atoms with Gasteiger partial charge in [0.05, 0.1) is 12.7 Å². The van der Waals surface area contributed by atoms with Crippen LogP contribution in [-0.2, 0) is 4.74 Å². The number of ether oxygens (including phenoxy) is 3. The molecule has 0 amide bonds. The summed E-state index contributed by atoms with van der Waals surface area (Å²) in [7, 11) is 1.78.